The van der Waals surface area contributed by atoms with E-state index in [1.54, 1.807) is 0 Å². The first-order valence-corrected chi connectivity index (χ1v) is 8.53. The van der Waals surface area contributed by atoms with E-state index in [1.165, 1.54) is 16.2 Å². The molecule has 0 unspecified atom stereocenters. The minimum Gasteiger partial charge on any atom is -0.333 e. The van der Waals surface area contributed by atoms with Gasteiger partial charge in [0.1, 0.15) is 0 Å². The van der Waals surface area contributed by atoms with Gasteiger partial charge in [0.2, 0.25) is 11.8 Å². The molecule has 0 atom stereocenters. The van der Waals surface area contributed by atoms with Crippen molar-refractivity contribution in [3.05, 3.63) is 52.0 Å². The Bertz CT molecular complexity index is 751. The summed E-state index contributed by atoms with van der Waals surface area (Å²) in [5, 5.41) is 4.02. The van der Waals surface area contributed by atoms with E-state index in [0.717, 1.165) is 17.0 Å². The number of anilines is 1. The maximum atomic E-state index is 13.6. The highest BCUT2D eigenvalue weighted by Crippen LogP contribution is 2.19. The lowest BCUT2D eigenvalue weighted by atomic mass is 10.2. The highest BCUT2D eigenvalue weighted by atomic mass is 32.1. The number of rotatable bonds is 7. The fourth-order valence-electron chi connectivity index (χ4n) is 2.22. The quantitative estimate of drug-likeness (QED) is 0.758. The maximum absolute atomic E-state index is 13.6. The minimum atomic E-state index is -1.66. The molecule has 2 aromatic rings. The largest absolute Gasteiger partial charge is 0.333 e. The van der Waals surface area contributed by atoms with Crippen molar-refractivity contribution in [1.82, 2.24) is 4.90 Å². The molecule has 0 spiro atoms. The summed E-state index contributed by atoms with van der Waals surface area (Å²) < 4.78 is 39.7. The number of benzene rings is 1. The van der Waals surface area contributed by atoms with Crippen LogP contribution in [-0.4, -0.2) is 29.8 Å². The summed E-state index contributed by atoms with van der Waals surface area (Å²) >= 11 is 1.44. The lowest BCUT2D eigenvalue weighted by molar-refractivity contribution is -0.134. The number of amides is 2. The smallest absolute Gasteiger partial charge is 0.244 e. The van der Waals surface area contributed by atoms with Gasteiger partial charge in [0.05, 0.1) is 18.7 Å². The molecule has 0 radical (unpaired) electrons. The Labute approximate surface area is 147 Å². The van der Waals surface area contributed by atoms with Crippen molar-refractivity contribution in [2.45, 2.75) is 19.8 Å². The van der Waals surface area contributed by atoms with Crippen LogP contribution in [0.5, 0.6) is 0 Å². The number of carbonyl (C=O) groups is 2. The molecule has 25 heavy (non-hydrogen) atoms. The van der Waals surface area contributed by atoms with Gasteiger partial charge in [0.25, 0.3) is 0 Å². The van der Waals surface area contributed by atoms with Crippen molar-refractivity contribution >= 4 is 28.8 Å². The summed E-state index contributed by atoms with van der Waals surface area (Å²) in [5.74, 6) is -5.38. The molecule has 8 heteroatoms. The summed E-state index contributed by atoms with van der Waals surface area (Å²) in [6.07, 6.45) is 0.813. The molecule has 4 nitrogen and oxygen atoms in total. The average molecular weight is 370 g/mol. The van der Waals surface area contributed by atoms with Crippen LogP contribution in [0, 0.1) is 17.5 Å². The number of nitrogens with one attached hydrogen (secondary N) is 1. The van der Waals surface area contributed by atoms with E-state index in [1.807, 2.05) is 24.4 Å². The molecular weight excluding hydrogens is 353 g/mol. The maximum Gasteiger partial charge on any atom is 0.244 e. The highest BCUT2D eigenvalue weighted by Gasteiger charge is 2.19. The summed E-state index contributed by atoms with van der Waals surface area (Å²) in [6, 6.07) is 5.31. The summed E-state index contributed by atoms with van der Waals surface area (Å²) in [5.41, 5.74) is -0.467. The minimum absolute atomic E-state index is 0.171. The van der Waals surface area contributed by atoms with E-state index in [9.17, 15) is 22.8 Å². The van der Waals surface area contributed by atoms with Crippen LogP contribution >= 0.6 is 11.3 Å². The van der Waals surface area contributed by atoms with Gasteiger partial charge in [-0.15, -0.1) is 11.3 Å². The van der Waals surface area contributed by atoms with E-state index in [4.69, 9.17) is 0 Å². The van der Waals surface area contributed by atoms with Gasteiger partial charge in [-0.25, -0.2) is 13.2 Å². The van der Waals surface area contributed by atoms with Crippen LogP contribution in [0.2, 0.25) is 0 Å². The average Bonchev–Trinajstić information content (AvgIpc) is 3.08. The van der Waals surface area contributed by atoms with Gasteiger partial charge in [0.15, 0.2) is 17.5 Å². The molecule has 0 bridgehead atoms. The van der Waals surface area contributed by atoms with Crippen LogP contribution in [0.3, 0.4) is 0 Å². The Morgan fingerprint density at radius 1 is 1.16 bits per heavy atom. The first-order chi connectivity index (χ1) is 11.9. The van der Waals surface area contributed by atoms with Crippen LogP contribution in [0.25, 0.3) is 0 Å². The van der Waals surface area contributed by atoms with Gasteiger partial charge in [-0.1, -0.05) is 13.0 Å². The highest BCUT2D eigenvalue weighted by molar-refractivity contribution is 7.10. The molecule has 0 fully saturated rings. The Morgan fingerprint density at radius 2 is 1.92 bits per heavy atom. The lowest BCUT2D eigenvalue weighted by Gasteiger charge is -2.21. The third-order valence-corrected chi connectivity index (χ3v) is 4.27. The van der Waals surface area contributed by atoms with Crippen molar-refractivity contribution in [2.24, 2.45) is 0 Å². The predicted octanol–water partition coefficient (Wildman–Crippen LogP) is 3.59. The van der Waals surface area contributed by atoms with Crippen LogP contribution in [-0.2, 0) is 16.0 Å². The Morgan fingerprint density at radius 3 is 2.56 bits per heavy atom. The molecule has 0 aliphatic heterocycles. The molecule has 2 amide bonds. The topological polar surface area (TPSA) is 49.4 Å². The van der Waals surface area contributed by atoms with Crippen molar-refractivity contribution in [1.29, 1.82) is 0 Å². The third kappa shape index (κ3) is 5.06. The Balaban J connectivity index is 2.02. The number of hydrogen-bond donors (Lipinski definition) is 1. The Hall–Kier alpha value is -2.35. The molecule has 1 heterocycles. The van der Waals surface area contributed by atoms with Crippen molar-refractivity contribution < 1.29 is 22.8 Å². The second-order valence-electron chi connectivity index (χ2n) is 5.34. The molecule has 134 valence electrons. The first kappa shape index (κ1) is 19.0. The van der Waals surface area contributed by atoms with Crippen LogP contribution in [0.1, 0.15) is 18.2 Å². The van der Waals surface area contributed by atoms with Gasteiger partial charge >= 0.3 is 0 Å². The third-order valence-electron chi connectivity index (χ3n) is 3.40. The SMILES string of the molecule is CCCN(CC(=O)Nc1ccc(F)c(F)c1F)C(=O)Cc1cccs1. The van der Waals surface area contributed by atoms with E-state index in [0.29, 0.717) is 13.0 Å². The number of carbonyl (C=O) groups excluding carboxylic acids is 2. The first-order valence-electron chi connectivity index (χ1n) is 7.65. The number of hydrogen-bond acceptors (Lipinski definition) is 3. The standard InChI is InChI=1S/C17H17F3N2O2S/c1-2-7-22(15(24)9-11-4-3-8-25-11)10-14(23)21-13-6-5-12(18)16(19)17(13)20/h3-6,8H,2,7,9-10H2,1H3,(H,21,23). The van der Waals surface area contributed by atoms with Crippen LogP contribution in [0.4, 0.5) is 18.9 Å². The lowest BCUT2D eigenvalue weighted by Crippen LogP contribution is -2.39. The molecule has 0 saturated heterocycles. The van der Waals surface area contributed by atoms with E-state index >= 15 is 0 Å². The van der Waals surface area contributed by atoms with Crippen molar-refractivity contribution in [3.63, 3.8) is 0 Å². The second-order valence-corrected chi connectivity index (χ2v) is 6.37. The zero-order valence-corrected chi connectivity index (χ0v) is 14.3. The van der Waals surface area contributed by atoms with Crippen molar-refractivity contribution in [2.75, 3.05) is 18.4 Å². The van der Waals surface area contributed by atoms with Gasteiger partial charge in [-0.2, -0.15) is 0 Å². The zero-order chi connectivity index (χ0) is 18.4. The van der Waals surface area contributed by atoms with Gasteiger partial charge in [-0.05, 0) is 30.0 Å². The number of thiophene rings is 1. The summed E-state index contributed by atoms with van der Waals surface area (Å²) in [6.45, 7) is 1.92. The van der Waals surface area contributed by atoms with Crippen LogP contribution < -0.4 is 5.32 Å². The second kappa shape index (κ2) is 8.66. The molecule has 0 saturated carbocycles. The summed E-state index contributed by atoms with van der Waals surface area (Å²) in [4.78, 5) is 26.6. The van der Waals surface area contributed by atoms with E-state index in [2.05, 4.69) is 5.32 Å². The summed E-state index contributed by atoms with van der Waals surface area (Å²) in [7, 11) is 0. The van der Waals surface area contributed by atoms with E-state index < -0.39 is 29.0 Å². The molecular formula is C17H17F3N2O2S. The molecule has 1 N–H and O–H groups in total. The van der Waals surface area contributed by atoms with Gasteiger partial charge in [-0.3, -0.25) is 9.59 Å². The molecule has 2 rings (SSSR count). The van der Waals surface area contributed by atoms with Crippen LogP contribution in [0.15, 0.2) is 29.6 Å². The van der Waals surface area contributed by atoms with E-state index in [-0.39, 0.29) is 18.9 Å². The van der Waals surface area contributed by atoms with Crippen molar-refractivity contribution in [3.8, 4) is 0 Å². The normalized spacial score (nSPS) is 10.6. The fraction of sp³-hybridized carbons (Fsp3) is 0.294. The number of nitrogens with zero attached hydrogens (tertiary/aromatic N) is 1. The molecule has 0 aliphatic carbocycles. The number of halogens is 3. The van der Waals surface area contributed by atoms with Gasteiger partial charge in [0, 0.05) is 11.4 Å². The predicted molar refractivity (Wildman–Crippen MR) is 89.8 cm³/mol. The van der Waals surface area contributed by atoms with Gasteiger partial charge < -0.3 is 10.2 Å². The monoisotopic (exact) mass is 370 g/mol. The molecule has 1 aromatic heterocycles. The molecule has 0 aliphatic rings. The fourth-order valence-corrected chi connectivity index (χ4v) is 2.92. The zero-order valence-electron chi connectivity index (χ0n) is 13.5. The Kier molecular flexibility index (Phi) is 6.58. The molecule has 1 aromatic carbocycles.